The zero-order valence-electron chi connectivity index (χ0n) is 10.8. The SMILES string of the molecule is NC1CCCCCC1OC(=O)Nc1cccc(Cl)c1. The summed E-state index contributed by atoms with van der Waals surface area (Å²) < 4.78 is 5.41. The van der Waals surface area contributed by atoms with Gasteiger partial charge in [-0.15, -0.1) is 0 Å². The Labute approximate surface area is 118 Å². The van der Waals surface area contributed by atoms with E-state index in [2.05, 4.69) is 5.32 Å². The van der Waals surface area contributed by atoms with Crippen molar-refractivity contribution in [2.24, 2.45) is 5.73 Å². The first-order valence-corrected chi connectivity index (χ1v) is 7.02. The van der Waals surface area contributed by atoms with Crippen LogP contribution >= 0.6 is 11.6 Å². The van der Waals surface area contributed by atoms with E-state index >= 15 is 0 Å². The molecule has 2 atom stereocenters. The van der Waals surface area contributed by atoms with E-state index in [0.717, 1.165) is 32.1 Å². The summed E-state index contributed by atoms with van der Waals surface area (Å²) in [5, 5.41) is 3.24. The van der Waals surface area contributed by atoms with Gasteiger partial charge in [-0.3, -0.25) is 5.32 Å². The Kier molecular flexibility index (Phi) is 5.05. The van der Waals surface area contributed by atoms with E-state index in [1.54, 1.807) is 24.3 Å². The van der Waals surface area contributed by atoms with Gasteiger partial charge in [0.1, 0.15) is 6.10 Å². The molecule has 4 nitrogen and oxygen atoms in total. The third kappa shape index (κ3) is 4.40. The standard InChI is InChI=1S/C14H19ClN2O2/c15-10-5-4-6-11(9-10)17-14(18)19-13-8-3-1-2-7-12(13)16/h4-6,9,12-13H,1-3,7-8,16H2,(H,17,18). The molecule has 104 valence electrons. The molecular weight excluding hydrogens is 264 g/mol. The van der Waals surface area contributed by atoms with Gasteiger partial charge in [0.15, 0.2) is 0 Å². The molecule has 2 rings (SSSR count). The van der Waals surface area contributed by atoms with Crippen LogP contribution in [-0.2, 0) is 4.74 Å². The van der Waals surface area contributed by atoms with Crippen LogP contribution in [0, 0.1) is 0 Å². The molecule has 3 N–H and O–H groups in total. The normalized spacial score (nSPS) is 23.5. The molecule has 2 unspecified atom stereocenters. The molecule has 19 heavy (non-hydrogen) atoms. The number of hydrogen-bond acceptors (Lipinski definition) is 3. The monoisotopic (exact) mass is 282 g/mol. The van der Waals surface area contributed by atoms with Crippen molar-refractivity contribution < 1.29 is 9.53 Å². The number of amides is 1. The van der Waals surface area contributed by atoms with Gasteiger partial charge >= 0.3 is 6.09 Å². The summed E-state index contributed by atoms with van der Waals surface area (Å²) in [6.07, 6.45) is 4.41. The largest absolute Gasteiger partial charge is 0.444 e. The predicted molar refractivity (Wildman–Crippen MR) is 76.4 cm³/mol. The van der Waals surface area contributed by atoms with E-state index in [1.165, 1.54) is 0 Å². The lowest BCUT2D eigenvalue weighted by Crippen LogP contribution is -2.38. The van der Waals surface area contributed by atoms with Crippen LogP contribution in [0.5, 0.6) is 0 Å². The van der Waals surface area contributed by atoms with E-state index in [9.17, 15) is 4.79 Å². The number of carbonyl (C=O) groups excluding carboxylic acids is 1. The van der Waals surface area contributed by atoms with E-state index in [4.69, 9.17) is 22.1 Å². The highest BCUT2D eigenvalue weighted by Gasteiger charge is 2.23. The molecule has 0 radical (unpaired) electrons. The molecule has 1 aliphatic rings. The number of nitrogens with one attached hydrogen (secondary N) is 1. The Morgan fingerprint density at radius 2 is 2.11 bits per heavy atom. The first-order chi connectivity index (χ1) is 9.15. The second-order valence-electron chi connectivity index (χ2n) is 4.88. The first-order valence-electron chi connectivity index (χ1n) is 6.64. The molecule has 0 aromatic heterocycles. The van der Waals surface area contributed by atoms with Gasteiger partial charge in [0.25, 0.3) is 0 Å². The van der Waals surface area contributed by atoms with Crippen LogP contribution in [0.25, 0.3) is 0 Å². The Balaban J connectivity index is 1.89. The molecule has 1 aromatic carbocycles. The summed E-state index contributed by atoms with van der Waals surface area (Å²) in [6, 6.07) is 6.90. The van der Waals surface area contributed by atoms with Crippen molar-refractivity contribution in [2.45, 2.75) is 44.2 Å². The summed E-state index contributed by atoms with van der Waals surface area (Å²) in [6.45, 7) is 0. The average molecular weight is 283 g/mol. The fourth-order valence-corrected chi connectivity index (χ4v) is 2.49. The molecule has 1 amide bonds. The molecule has 1 saturated carbocycles. The van der Waals surface area contributed by atoms with Crippen molar-refractivity contribution in [3.05, 3.63) is 29.3 Å². The fraction of sp³-hybridized carbons (Fsp3) is 0.500. The van der Waals surface area contributed by atoms with Crippen molar-refractivity contribution in [2.75, 3.05) is 5.32 Å². The minimum atomic E-state index is -0.468. The number of nitrogens with two attached hydrogens (primary N) is 1. The molecular formula is C14H19ClN2O2. The second-order valence-corrected chi connectivity index (χ2v) is 5.32. The summed E-state index contributed by atoms with van der Waals surface area (Å²) in [5.41, 5.74) is 6.64. The number of hydrogen-bond donors (Lipinski definition) is 2. The summed E-state index contributed by atoms with van der Waals surface area (Å²) in [4.78, 5) is 11.8. The summed E-state index contributed by atoms with van der Waals surface area (Å²) in [7, 11) is 0. The van der Waals surface area contributed by atoms with Gasteiger partial charge in [0.2, 0.25) is 0 Å². The Morgan fingerprint density at radius 3 is 2.89 bits per heavy atom. The van der Waals surface area contributed by atoms with Crippen LogP contribution in [0.3, 0.4) is 0 Å². The van der Waals surface area contributed by atoms with Gasteiger partial charge in [0.05, 0.1) is 0 Å². The average Bonchev–Trinajstić information content (AvgIpc) is 2.55. The zero-order valence-corrected chi connectivity index (χ0v) is 11.5. The highest BCUT2D eigenvalue weighted by molar-refractivity contribution is 6.30. The number of carbonyl (C=O) groups is 1. The minimum Gasteiger partial charge on any atom is -0.444 e. The lowest BCUT2D eigenvalue weighted by atomic mass is 10.1. The van der Waals surface area contributed by atoms with Crippen molar-refractivity contribution in [3.63, 3.8) is 0 Å². The summed E-state index contributed by atoms with van der Waals surface area (Å²) in [5.74, 6) is 0. The van der Waals surface area contributed by atoms with Crippen LogP contribution in [0.1, 0.15) is 32.1 Å². The third-order valence-electron chi connectivity index (χ3n) is 3.33. The fourth-order valence-electron chi connectivity index (χ4n) is 2.30. The number of halogens is 1. The zero-order chi connectivity index (χ0) is 13.7. The maximum Gasteiger partial charge on any atom is 0.411 e. The van der Waals surface area contributed by atoms with Gasteiger partial charge in [-0.1, -0.05) is 30.5 Å². The van der Waals surface area contributed by atoms with Crippen LogP contribution in [-0.4, -0.2) is 18.2 Å². The maximum atomic E-state index is 11.8. The molecule has 0 heterocycles. The van der Waals surface area contributed by atoms with Crippen LogP contribution in [0.15, 0.2) is 24.3 Å². The van der Waals surface area contributed by atoms with E-state index in [-0.39, 0.29) is 12.1 Å². The van der Waals surface area contributed by atoms with Gasteiger partial charge in [-0.05, 0) is 37.5 Å². The molecule has 0 saturated heterocycles. The summed E-state index contributed by atoms with van der Waals surface area (Å²) >= 11 is 5.85. The van der Waals surface area contributed by atoms with Gasteiger partial charge < -0.3 is 10.5 Å². The van der Waals surface area contributed by atoms with Crippen molar-refractivity contribution >= 4 is 23.4 Å². The van der Waals surface area contributed by atoms with Crippen LogP contribution < -0.4 is 11.1 Å². The molecule has 0 spiro atoms. The Morgan fingerprint density at radius 1 is 1.32 bits per heavy atom. The van der Waals surface area contributed by atoms with Crippen molar-refractivity contribution in [1.82, 2.24) is 0 Å². The van der Waals surface area contributed by atoms with Gasteiger partial charge in [-0.2, -0.15) is 0 Å². The Bertz CT molecular complexity index is 439. The van der Waals surface area contributed by atoms with Gasteiger partial charge in [0, 0.05) is 16.8 Å². The lowest BCUT2D eigenvalue weighted by molar-refractivity contribution is 0.0899. The second kappa shape index (κ2) is 6.78. The highest BCUT2D eigenvalue weighted by atomic mass is 35.5. The molecule has 1 fully saturated rings. The third-order valence-corrected chi connectivity index (χ3v) is 3.57. The highest BCUT2D eigenvalue weighted by Crippen LogP contribution is 2.20. The topological polar surface area (TPSA) is 64.3 Å². The van der Waals surface area contributed by atoms with E-state index in [1.807, 2.05) is 0 Å². The number of anilines is 1. The van der Waals surface area contributed by atoms with Gasteiger partial charge in [-0.25, -0.2) is 4.79 Å². The quantitative estimate of drug-likeness (QED) is 0.815. The molecule has 1 aliphatic carbocycles. The molecule has 5 heteroatoms. The first kappa shape index (κ1) is 14.2. The van der Waals surface area contributed by atoms with E-state index < -0.39 is 6.09 Å². The molecule has 1 aromatic rings. The lowest BCUT2D eigenvalue weighted by Gasteiger charge is -2.21. The number of ether oxygens (including phenoxy) is 1. The molecule has 0 aliphatic heterocycles. The molecule has 0 bridgehead atoms. The van der Waals surface area contributed by atoms with Crippen molar-refractivity contribution in [3.8, 4) is 0 Å². The number of rotatable bonds is 2. The van der Waals surface area contributed by atoms with Crippen molar-refractivity contribution in [1.29, 1.82) is 0 Å². The van der Waals surface area contributed by atoms with E-state index in [0.29, 0.717) is 10.7 Å². The van der Waals surface area contributed by atoms with Crippen LogP contribution in [0.4, 0.5) is 10.5 Å². The number of benzene rings is 1. The minimum absolute atomic E-state index is 0.0624. The predicted octanol–water partition coefficient (Wildman–Crippen LogP) is 3.55. The maximum absolute atomic E-state index is 11.8. The Hall–Kier alpha value is -1.26. The smallest absolute Gasteiger partial charge is 0.411 e. The van der Waals surface area contributed by atoms with Crippen LogP contribution in [0.2, 0.25) is 5.02 Å².